The second kappa shape index (κ2) is 10.1. The van der Waals surface area contributed by atoms with E-state index < -0.39 is 0 Å². The van der Waals surface area contributed by atoms with E-state index in [4.69, 9.17) is 4.74 Å². The molecule has 1 amide bonds. The fraction of sp³-hybridized carbons (Fsp3) is 0.467. The van der Waals surface area contributed by atoms with Crippen molar-refractivity contribution in [3.63, 3.8) is 0 Å². The fourth-order valence-corrected chi connectivity index (χ4v) is 2.17. The smallest absolute Gasteiger partial charge is 0.325 e. The highest BCUT2D eigenvalue weighted by molar-refractivity contribution is 7.99. The zero-order valence-electron chi connectivity index (χ0n) is 12.5. The highest BCUT2D eigenvalue weighted by Gasteiger charge is 2.06. The van der Waals surface area contributed by atoms with E-state index in [0.29, 0.717) is 18.7 Å². The van der Waals surface area contributed by atoms with Crippen molar-refractivity contribution in [1.29, 1.82) is 0 Å². The molecule has 1 rings (SSSR count). The second-order valence-corrected chi connectivity index (χ2v) is 5.59. The van der Waals surface area contributed by atoms with Gasteiger partial charge in [0.05, 0.1) is 6.61 Å². The van der Waals surface area contributed by atoms with E-state index >= 15 is 0 Å². The summed E-state index contributed by atoms with van der Waals surface area (Å²) >= 11 is 1.79. The molecule has 116 valence electrons. The molecule has 1 aromatic rings. The lowest BCUT2D eigenvalue weighted by molar-refractivity contribution is -0.140. The highest BCUT2D eigenvalue weighted by atomic mass is 32.2. The van der Waals surface area contributed by atoms with Crippen molar-refractivity contribution < 1.29 is 14.3 Å². The van der Waals surface area contributed by atoms with Crippen LogP contribution in [0, 0.1) is 0 Å². The molecular weight excluding hydrogens is 288 g/mol. The summed E-state index contributed by atoms with van der Waals surface area (Å²) in [5, 5.41) is 5.81. The van der Waals surface area contributed by atoms with Gasteiger partial charge in [-0.05, 0) is 30.9 Å². The van der Waals surface area contributed by atoms with Crippen LogP contribution in [0.3, 0.4) is 0 Å². The first-order valence-electron chi connectivity index (χ1n) is 7.02. The number of hydrogen-bond donors (Lipinski definition) is 2. The summed E-state index contributed by atoms with van der Waals surface area (Å²) in [7, 11) is 0. The number of ether oxygens (including phenoxy) is 1. The Morgan fingerprint density at radius 1 is 1.29 bits per heavy atom. The maximum absolute atomic E-state index is 12.0. The molecule has 0 spiro atoms. The van der Waals surface area contributed by atoms with Gasteiger partial charge in [-0.2, -0.15) is 11.8 Å². The quantitative estimate of drug-likeness (QED) is 0.540. The number of esters is 1. The molecule has 0 saturated carbocycles. The van der Waals surface area contributed by atoms with E-state index in [1.54, 1.807) is 36.9 Å². The molecule has 21 heavy (non-hydrogen) atoms. The van der Waals surface area contributed by atoms with E-state index in [2.05, 4.69) is 17.6 Å². The number of hydrogen-bond acceptors (Lipinski definition) is 5. The number of carbonyl (C=O) groups excluding carboxylic acids is 2. The second-order valence-electron chi connectivity index (χ2n) is 4.19. The Bertz CT molecular complexity index is 466. The molecular formula is C15H22N2O3S. The van der Waals surface area contributed by atoms with Gasteiger partial charge in [0.25, 0.3) is 5.91 Å². The van der Waals surface area contributed by atoms with Gasteiger partial charge in [-0.25, -0.2) is 0 Å². The third kappa shape index (κ3) is 7.04. The van der Waals surface area contributed by atoms with Crippen molar-refractivity contribution in [3.05, 3.63) is 29.8 Å². The molecule has 2 N–H and O–H groups in total. The number of benzene rings is 1. The molecule has 0 radical (unpaired) electrons. The van der Waals surface area contributed by atoms with Crippen LogP contribution in [-0.4, -0.2) is 43.1 Å². The summed E-state index contributed by atoms with van der Waals surface area (Å²) in [5.74, 6) is 1.53. The van der Waals surface area contributed by atoms with Gasteiger partial charge in [0.1, 0.15) is 6.54 Å². The minimum atomic E-state index is -0.316. The molecule has 0 aliphatic heterocycles. The summed E-state index contributed by atoms with van der Waals surface area (Å²) in [4.78, 5) is 23.2. The Morgan fingerprint density at radius 3 is 2.81 bits per heavy atom. The van der Waals surface area contributed by atoms with E-state index in [1.165, 1.54) is 0 Å². The summed E-state index contributed by atoms with van der Waals surface area (Å²) in [6.45, 7) is 4.95. The molecule has 0 aromatic heterocycles. The Balaban J connectivity index is 2.47. The Morgan fingerprint density at radius 2 is 2.10 bits per heavy atom. The monoisotopic (exact) mass is 310 g/mol. The predicted octanol–water partition coefficient (Wildman–Crippen LogP) is 2.14. The normalized spacial score (nSPS) is 10.0. The lowest BCUT2D eigenvalue weighted by Gasteiger charge is -2.08. The van der Waals surface area contributed by atoms with Gasteiger partial charge in [0.2, 0.25) is 0 Å². The van der Waals surface area contributed by atoms with Crippen molar-refractivity contribution in [1.82, 2.24) is 5.32 Å². The minimum Gasteiger partial charge on any atom is -0.465 e. The molecule has 0 bridgehead atoms. The molecule has 1 aromatic carbocycles. The van der Waals surface area contributed by atoms with Crippen LogP contribution in [0.4, 0.5) is 5.69 Å². The van der Waals surface area contributed by atoms with Gasteiger partial charge in [-0.3, -0.25) is 9.59 Å². The third-order valence-corrected chi connectivity index (χ3v) is 3.50. The third-order valence-electron chi connectivity index (χ3n) is 2.60. The Kier molecular flexibility index (Phi) is 8.35. The lowest BCUT2D eigenvalue weighted by Crippen LogP contribution is -2.26. The summed E-state index contributed by atoms with van der Waals surface area (Å²) in [5.41, 5.74) is 1.30. The van der Waals surface area contributed by atoms with E-state index in [-0.39, 0.29) is 18.4 Å². The van der Waals surface area contributed by atoms with Crippen molar-refractivity contribution in [2.75, 3.05) is 36.5 Å². The summed E-state index contributed by atoms with van der Waals surface area (Å²) < 4.78 is 4.83. The SMILES string of the molecule is CCOC(=O)CNc1cccc(C(=O)NCCSCC)c1. The highest BCUT2D eigenvalue weighted by Crippen LogP contribution is 2.10. The number of thioether (sulfide) groups is 1. The average Bonchev–Trinajstić information content (AvgIpc) is 2.50. The van der Waals surface area contributed by atoms with Crippen LogP contribution in [-0.2, 0) is 9.53 Å². The first kappa shape index (κ1) is 17.4. The largest absolute Gasteiger partial charge is 0.465 e. The zero-order valence-corrected chi connectivity index (χ0v) is 13.3. The van der Waals surface area contributed by atoms with E-state index in [0.717, 1.165) is 17.2 Å². The van der Waals surface area contributed by atoms with Gasteiger partial charge in [0.15, 0.2) is 0 Å². The Hall–Kier alpha value is -1.69. The number of anilines is 1. The Labute approximate surface area is 129 Å². The molecule has 0 aliphatic carbocycles. The van der Waals surface area contributed by atoms with Crippen molar-refractivity contribution in [2.45, 2.75) is 13.8 Å². The maximum Gasteiger partial charge on any atom is 0.325 e. The predicted molar refractivity (Wildman–Crippen MR) is 86.9 cm³/mol. The molecule has 5 nitrogen and oxygen atoms in total. The average molecular weight is 310 g/mol. The van der Waals surface area contributed by atoms with Gasteiger partial charge in [-0.1, -0.05) is 13.0 Å². The van der Waals surface area contributed by atoms with Crippen molar-refractivity contribution in [3.8, 4) is 0 Å². The number of amides is 1. The molecule has 6 heteroatoms. The first-order chi connectivity index (χ1) is 10.2. The van der Waals surface area contributed by atoms with Crippen LogP contribution in [0.2, 0.25) is 0 Å². The molecule has 0 fully saturated rings. The van der Waals surface area contributed by atoms with Crippen LogP contribution >= 0.6 is 11.8 Å². The van der Waals surface area contributed by atoms with Crippen LogP contribution in [0.1, 0.15) is 24.2 Å². The minimum absolute atomic E-state index is 0.0893. The fourth-order valence-electron chi connectivity index (χ4n) is 1.64. The molecule has 0 atom stereocenters. The zero-order chi connectivity index (χ0) is 15.5. The number of rotatable bonds is 9. The topological polar surface area (TPSA) is 67.4 Å². The van der Waals surface area contributed by atoms with E-state index in [9.17, 15) is 9.59 Å². The van der Waals surface area contributed by atoms with Crippen LogP contribution in [0.5, 0.6) is 0 Å². The first-order valence-corrected chi connectivity index (χ1v) is 8.18. The van der Waals surface area contributed by atoms with Gasteiger partial charge in [0, 0.05) is 23.5 Å². The summed E-state index contributed by atoms with van der Waals surface area (Å²) in [6.07, 6.45) is 0. The maximum atomic E-state index is 12.0. The molecule has 0 unspecified atom stereocenters. The molecule has 0 saturated heterocycles. The van der Waals surface area contributed by atoms with Crippen molar-refractivity contribution in [2.24, 2.45) is 0 Å². The van der Waals surface area contributed by atoms with Crippen molar-refractivity contribution >= 4 is 29.3 Å². The van der Waals surface area contributed by atoms with Crippen LogP contribution in [0.25, 0.3) is 0 Å². The summed E-state index contributed by atoms with van der Waals surface area (Å²) in [6, 6.07) is 7.06. The number of nitrogens with one attached hydrogen (secondary N) is 2. The molecule has 0 heterocycles. The van der Waals surface area contributed by atoms with Crippen LogP contribution < -0.4 is 10.6 Å². The van der Waals surface area contributed by atoms with Gasteiger partial charge < -0.3 is 15.4 Å². The van der Waals surface area contributed by atoms with E-state index in [1.807, 2.05) is 6.07 Å². The van der Waals surface area contributed by atoms with Gasteiger partial charge >= 0.3 is 5.97 Å². The lowest BCUT2D eigenvalue weighted by atomic mass is 10.2. The number of carbonyl (C=O) groups is 2. The van der Waals surface area contributed by atoms with Gasteiger partial charge in [-0.15, -0.1) is 0 Å². The standard InChI is InChI=1S/C15H22N2O3S/c1-3-20-14(18)11-17-13-7-5-6-12(10-13)15(19)16-8-9-21-4-2/h5-7,10,17H,3-4,8-9,11H2,1-2H3,(H,16,19). The van der Waals surface area contributed by atoms with Crippen LogP contribution in [0.15, 0.2) is 24.3 Å². The molecule has 0 aliphatic rings.